The van der Waals surface area contributed by atoms with Gasteiger partial charge in [0.05, 0.1) is 0 Å². The van der Waals surface area contributed by atoms with E-state index < -0.39 is 13.5 Å². The number of allylic oxidation sites excluding steroid dienone is 2. The summed E-state index contributed by atoms with van der Waals surface area (Å²) in [7, 11) is 11.3. The third-order valence-corrected chi connectivity index (χ3v) is 28.3. The zero-order valence-corrected chi connectivity index (χ0v) is 19.1. The summed E-state index contributed by atoms with van der Waals surface area (Å²) in [4.78, 5) is 0. The van der Waals surface area contributed by atoms with E-state index in [4.69, 9.17) is 20.7 Å². The van der Waals surface area contributed by atoms with Crippen LogP contribution in [0.4, 0.5) is 0 Å². The van der Waals surface area contributed by atoms with Gasteiger partial charge in [-0.3, -0.25) is 0 Å². The average Bonchev–Trinajstić information content (AvgIpc) is 3.16. The predicted molar refractivity (Wildman–Crippen MR) is 104 cm³/mol. The van der Waals surface area contributed by atoms with Crippen LogP contribution in [0.5, 0.6) is 0 Å². The molecule has 4 aliphatic rings. The molecule has 3 heteroatoms. The Balaban J connectivity index is 1.89. The van der Waals surface area contributed by atoms with Crippen LogP contribution in [0.15, 0.2) is 24.3 Å². The molecule has 4 atom stereocenters. The molecule has 0 aromatic carbocycles. The Labute approximate surface area is 154 Å². The van der Waals surface area contributed by atoms with Crippen molar-refractivity contribution in [3.05, 3.63) is 24.3 Å². The van der Waals surface area contributed by atoms with Crippen LogP contribution in [0.1, 0.15) is 66.2 Å². The molecule has 0 amide bonds. The second-order valence-corrected chi connectivity index (χ2v) is 25.6. The minimum absolute atomic E-state index is 0.211. The SMILES string of the molecule is C=C1C2CC[C]([Pt]([SH])([SH])[C]34CCC(C3)C(=C)C4(C)C)(C2)C1(C)C. The molecular formula is C20H32PtS2. The maximum atomic E-state index is 5.63. The van der Waals surface area contributed by atoms with E-state index in [-0.39, 0.29) is 10.8 Å². The van der Waals surface area contributed by atoms with Crippen LogP contribution in [0, 0.1) is 22.7 Å². The number of fused-ring (bicyclic) bond motifs is 4. The number of thiol groups is 2. The van der Waals surface area contributed by atoms with Gasteiger partial charge in [0.15, 0.2) is 0 Å². The van der Waals surface area contributed by atoms with Gasteiger partial charge in [-0.2, -0.15) is 0 Å². The van der Waals surface area contributed by atoms with Crippen molar-refractivity contribution >= 4 is 20.7 Å². The Morgan fingerprint density at radius 3 is 1.43 bits per heavy atom. The van der Waals surface area contributed by atoms with E-state index >= 15 is 0 Å². The van der Waals surface area contributed by atoms with Crippen molar-refractivity contribution in [2.75, 3.05) is 0 Å². The maximum absolute atomic E-state index is 5.63. The number of rotatable bonds is 2. The monoisotopic (exact) mass is 531 g/mol. The molecule has 0 spiro atoms. The Morgan fingerprint density at radius 2 is 1.17 bits per heavy atom. The van der Waals surface area contributed by atoms with Crippen molar-refractivity contribution in [3.8, 4) is 0 Å². The second-order valence-electron chi connectivity index (χ2n) is 9.42. The molecule has 4 rings (SSSR count). The molecule has 4 bridgehead atoms. The molecule has 0 aromatic rings. The summed E-state index contributed by atoms with van der Waals surface area (Å²) in [6.07, 6.45) is 7.96. The van der Waals surface area contributed by atoms with Crippen molar-refractivity contribution in [2.45, 2.75) is 73.8 Å². The molecule has 4 aliphatic carbocycles. The standard InChI is InChI=1S/2C10H15.Pt.2H2S/c2*1-7-8-4-5-9(6-8)10(7,2)3;;;/h2*8H,1,4-6H2,2-3H3;;2*1H2/q;;+2;;/p-2. The summed E-state index contributed by atoms with van der Waals surface area (Å²) in [6, 6.07) is 0. The molecule has 0 saturated heterocycles. The first kappa shape index (κ1) is 17.3. The van der Waals surface area contributed by atoms with Crippen LogP contribution < -0.4 is 0 Å². The fraction of sp³-hybridized carbons (Fsp3) is 0.800. The van der Waals surface area contributed by atoms with Crippen LogP contribution >= 0.6 is 20.7 Å². The van der Waals surface area contributed by atoms with Gasteiger partial charge in [0.1, 0.15) is 0 Å². The zero-order chi connectivity index (χ0) is 17.1. The molecule has 0 aromatic heterocycles. The second kappa shape index (κ2) is 4.58. The molecule has 0 N–H and O–H groups in total. The van der Waals surface area contributed by atoms with E-state index in [0.29, 0.717) is 7.61 Å². The molecular weight excluding hydrogens is 499 g/mol. The molecule has 4 fully saturated rings. The van der Waals surface area contributed by atoms with Gasteiger partial charge in [-0.15, -0.1) is 0 Å². The Bertz CT molecular complexity index is 565. The molecule has 4 unspecified atom stereocenters. The van der Waals surface area contributed by atoms with E-state index in [1.807, 2.05) is 0 Å². The molecule has 4 saturated carbocycles. The van der Waals surface area contributed by atoms with Gasteiger partial charge in [-0.25, -0.2) is 0 Å². The molecule has 0 nitrogen and oxygen atoms in total. The van der Waals surface area contributed by atoms with Gasteiger partial charge >= 0.3 is 155 Å². The van der Waals surface area contributed by atoms with Crippen molar-refractivity contribution < 1.29 is 13.5 Å². The van der Waals surface area contributed by atoms with Gasteiger partial charge in [0.2, 0.25) is 0 Å². The molecule has 134 valence electrons. The normalized spacial score (nSPS) is 47.6. The van der Waals surface area contributed by atoms with E-state index in [1.165, 1.54) is 49.7 Å². The third-order valence-electron chi connectivity index (χ3n) is 8.46. The van der Waals surface area contributed by atoms with Crippen LogP contribution in [0.2, 0.25) is 7.61 Å². The van der Waals surface area contributed by atoms with E-state index in [1.54, 1.807) is 0 Å². The third kappa shape index (κ3) is 1.60. The summed E-state index contributed by atoms with van der Waals surface area (Å²) in [5.74, 6) is 1.46. The van der Waals surface area contributed by atoms with Gasteiger partial charge in [0.25, 0.3) is 0 Å². The Hall–Kier alpha value is 0.868. The van der Waals surface area contributed by atoms with Crippen molar-refractivity contribution in [2.24, 2.45) is 22.7 Å². The van der Waals surface area contributed by atoms with Crippen LogP contribution in [0.25, 0.3) is 0 Å². The van der Waals surface area contributed by atoms with E-state index in [2.05, 4.69) is 40.9 Å². The summed E-state index contributed by atoms with van der Waals surface area (Å²) in [6.45, 7) is 18.9. The molecule has 23 heavy (non-hydrogen) atoms. The van der Waals surface area contributed by atoms with Gasteiger partial charge in [-0.1, -0.05) is 0 Å². The molecule has 0 radical (unpaired) electrons. The summed E-state index contributed by atoms with van der Waals surface area (Å²) in [5, 5.41) is 0. The topological polar surface area (TPSA) is 0 Å². The van der Waals surface area contributed by atoms with Gasteiger partial charge in [-0.05, 0) is 0 Å². The van der Waals surface area contributed by atoms with E-state index in [0.717, 1.165) is 11.8 Å². The minimum atomic E-state index is -2.70. The van der Waals surface area contributed by atoms with Crippen molar-refractivity contribution in [1.29, 1.82) is 0 Å². The molecule has 0 heterocycles. The first-order valence-corrected chi connectivity index (χ1v) is 17.9. The predicted octanol–water partition coefficient (Wildman–Crippen LogP) is 6.94. The van der Waals surface area contributed by atoms with Crippen LogP contribution in [-0.4, -0.2) is 0 Å². The van der Waals surface area contributed by atoms with Gasteiger partial charge < -0.3 is 0 Å². The van der Waals surface area contributed by atoms with Crippen molar-refractivity contribution in [3.63, 3.8) is 0 Å². The average molecular weight is 532 g/mol. The van der Waals surface area contributed by atoms with Gasteiger partial charge in [0, 0.05) is 0 Å². The molecule has 0 aliphatic heterocycles. The number of hydrogen-bond acceptors (Lipinski definition) is 2. The number of hydrogen-bond donors (Lipinski definition) is 2. The Kier molecular flexibility index (Phi) is 3.44. The summed E-state index contributed by atoms with van der Waals surface area (Å²) >= 11 is -2.70. The van der Waals surface area contributed by atoms with Crippen molar-refractivity contribution in [1.82, 2.24) is 0 Å². The Morgan fingerprint density at radius 1 is 0.826 bits per heavy atom. The fourth-order valence-electron chi connectivity index (χ4n) is 6.49. The summed E-state index contributed by atoms with van der Waals surface area (Å²) < 4.78 is 0.676. The zero-order valence-electron chi connectivity index (χ0n) is 15.0. The van der Waals surface area contributed by atoms with Crippen LogP contribution in [-0.2, 0) is 13.5 Å². The quantitative estimate of drug-likeness (QED) is 0.280. The van der Waals surface area contributed by atoms with E-state index in [9.17, 15) is 0 Å². The fourth-order valence-corrected chi connectivity index (χ4v) is 27.9. The first-order chi connectivity index (χ1) is 10.4. The summed E-state index contributed by atoms with van der Waals surface area (Å²) in [5.41, 5.74) is 3.42. The first-order valence-electron chi connectivity index (χ1n) is 8.93. The van der Waals surface area contributed by atoms with Crippen LogP contribution in [0.3, 0.4) is 0 Å².